The number of anilines is 1. The zero-order valence-electron chi connectivity index (χ0n) is 15.0. The van der Waals surface area contributed by atoms with E-state index in [1.807, 2.05) is 31.2 Å². The fourth-order valence-electron chi connectivity index (χ4n) is 3.19. The summed E-state index contributed by atoms with van der Waals surface area (Å²) in [5.74, 6) is -0.0128. The van der Waals surface area contributed by atoms with E-state index in [4.69, 9.17) is 14.2 Å². The molecule has 0 fully saturated rings. The lowest BCUT2D eigenvalue weighted by molar-refractivity contribution is -0.122. The molecule has 6 heteroatoms. The van der Waals surface area contributed by atoms with E-state index in [-0.39, 0.29) is 24.1 Å². The van der Waals surface area contributed by atoms with Gasteiger partial charge in [-0.3, -0.25) is 4.79 Å². The molecule has 0 bridgehead atoms. The summed E-state index contributed by atoms with van der Waals surface area (Å²) in [7, 11) is 2.97. The first-order chi connectivity index (χ1) is 12.5. The van der Waals surface area contributed by atoms with Crippen molar-refractivity contribution in [1.29, 1.82) is 0 Å². The normalized spacial score (nSPS) is 15.3. The molecule has 0 N–H and O–H groups in total. The summed E-state index contributed by atoms with van der Waals surface area (Å²) in [6, 6.07) is 12.6. The molecule has 1 atom stereocenters. The molecule has 0 spiro atoms. The van der Waals surface area contributed by atoms with Crippen LogP contribution in [-0.2, 0) is 16.0 Å². The van der Waals surface area contributed by atoms with Crippen LogP contribution < -0.4 is 14.4 Å². The monoisotopic (exact) mass is 355 g/mol. The maximum absolute atomic E-state index is 12.6. The first-order valence-corrected chi connectivity index (χ1v) is 8.34. The van der Waals surface area contributed by atoms with Gasteiger partial charge in [-0.25, -0.2) is 4.79 Å². The molecule has 0 saturated heterocycles. The second-order valence-electron chi connectivity index (χ2n) is 6.09. The van der Waals surface area contributed by atoms with E-state index in [9.17, 15) is 9.59 Å². The fourth-order valence-corrected chi connectivity index (χ4v) is 3.19. The van der Waals surface area contributed by atoms with Crippen LogP contribution in [0.4, 0.5) is 5.69 Å². The average Bonchev–Trinajstić information content (AvgIpc) is 3.01. The van der Waals surface area contributed by atoms with Crippen LogP contribution in [0.2, 0.25) is 0 Å². The molecular weight excluding hydrogens is 334 g/mol. The van der Waals surface area contributed by atoms with Crippen molar-refractivity contribution in [1.82, 2.24) is 0 Å². The Morgan fingerprint density at radius 3 is 2.62 bits per heavy atom. The summed E-state index contributed by atoms with van der Waals surface area (Å²) in [5, 5.41) is 0. The van der Waals surface area contributed by atoms with Gasteiger partial charge in [0.2, 0.25) is 0 Å². The second-order valence-corrected chi connectivity index (χ2v) is 6.09. The summed E-state index contributed by atoms with van der Waals surface area (Å²) in [4.78, 5) is 26.7. The number of esters is 1. The molecule has 0 aromatic heterocycles. The summed E-state index contributed by atoms with van der Waals surface area (Å²) in [6.07, 6.45) is 0.791. The van der Waals surface area contributed by atoms with Crippen molar-refractivity contribution in [3.63, 3.8) is 0 Å². The molecule has 0 aliphatic carbocycles. The minimum Gasteiger partial charge on any atom is -0.497 e. The number of fused-ring (bicyclic) bond motifs is 1. The molecule has 2 aromatic rings. The molecular formula is C20H21NO5. The van der Waals surface area contributed by atoms with Crippen LogP contribution in [-0.4, -0.2) is 38.7 Å². The third kappa shape index (κ3) is 3.35. The number of rotatable bonds is 5. The van der Waals surface area contributed by atoms with Gasteiger partial charge in [0, 0.05) is 11.7 Å². The Kier molecular flexibility index (Phi) is 5.11. The third-order valence-electron chi connectivity index (χ3n) is 4.43. The van der Waals surface area contributed by atoms with Crippen molar-refractivity contribution in [2.24, 2.45) is 0 Å². The smallest absolute Gasteiger partial charge is 0.342 e. The minimum absolute atomic E-state index is 0.0324. The molecule has 3 rings (SSSR count). The van der Waals surface area contributed by atoms with Crippen LogP contribution in [0.5, 0.6) is 11.5 Å². The molecule has 1 aliphatic heterocycles. The van der Waals surface area contributed by atoms with Crippen molar-refractivity contribution < 1.29 is 23.8 Å². The van der Waals surface area contributed by atoms with Crippen molar-refractivity contribution in [2.45, 2.75) is 19.4 Å². The van der Waals surface area contributed by atoms with Gasteiger partial charge >= 0.3 is 5.97 Å². The van der Waals surface area contributed by atoms with Gasteiger partial charge in [0.25, 0.3) is 5.91 Å². The lowest BCUT2D eigenvalue weighted by Crippen LogP contribution is -2.38. The van der Waals surface area contributed by atoms with Crippen molar-refractivity contribution >= 4 is 17.6 Å². The van der Waals surface area contributed by atoms with E-state index in [0.717, 1.165) is 17.7 Å². The highest BCUT2D eigenvalue weighted by Gasteiger charge is 2.31. The highest BCUT2D eigenvalue weighted by atomic mass is 16.5. The molecule has 0 unspecified atom stereocenters. The van der Waals surface area contributed by atoms with Crippen LogP contribution in [0.1, 0.15) is 22.8 Å². The molecule has 1 aliphatic rings. The lowest BCUT2D eigenvalue weighted by atomic mass is 10.1. The maximum atomic E-state index is 12.6. The first-order valence-electron chi connectivity index (χ1n) is 8.34. The van der Waals surface area contributed by atoms with Crippen LogP contribution in [0.3, 0.4) is 0 Å². The molecule has 0 radical (unpaired) electrons. The molecule has 6 nitrogen and oxygen atoms in total. The number of para-hydroxylation sites is 1. The van der Waals surface area contributed by atoms with Crippen LogP contribution >= 0.6 is 0 Å². The number of benzene rings is 2. The Morgan fingerprint density at radius 1 is 1.12 bits per heavy atom. The lowest BCUT2D eigenvalue weighted by Gasteiger charge is -2.22. The fraction of sp³-hybridized carbons (Fsp3) is 0.300. The largest absolute Gasteiger partial charge is 0.497 e. The van der Waals surface area contributed by atoms with E-state index in [1.54, 1.807) is 17.0 Å². The van der Waals surface area contributed by atoms with Gasteiger partial charge in [-0.15, -0.1) is 0 Å². The molecule has 2 aromatic carbocycles. The van der Waals surface area contributed by atoms with Gasteiger partial charge in [0.05, 0.1) is 14.2 Å². The third-order valence-corrected chi connectivity index (χ3v) is 4.43. The highest BCUT2D eigenvalue weighted by Crippen LogP contribution is 2.32. The summed E-state index contributed by atoms with van der Waals surface area (Å²) < 4.78 is 15.6. The van der Waals surface area contributed by atoms with Gasteiger partial charge in [-0.1, -0.05) is 18.2 Å². The summed E-state index contributed by atoms with van der Waals surface area (Å²) in [6.45, 7) is 1.64. The van der Waals surface area contributed by atoms with Gasteiger partial charge in [-0.05, 0) is 43.2 Å². The topological polar surface area (TPSA) is 65.1 Å². The van der Waals surface area contributed by atoms with Crippen LogP contribution in [0.15, 0.2) is 42.5 Å². The quantitative estimate of drug-likeness (QED) is 0.772. The van der Waals surface area contributed by atoms with Gasteiger partial charge < -0.3 is 19.1 Å². The zero-order chi connectivity index (χ0) is 18.7. The number of methoxy groups -OCH3 is 2. The number of hydrogen-bond donors (Lipinski definition) is 0. The number of carbonyl (C=O) groups is 2. The number of carbonyl (C=O) groups excluding carboxylic acids is 2. The molecule has 26 heavy (non-hydrogen) atoms. The molecule has 136 valence electrons. The summed E-state index contributed by atoms with van der Waals surface area (Å²) >= 11 is 0. The van der Waals surface area contributed by atoms with Crippen molar-refractivity contribution in [3.05, 3.63) is 53.6 Å². The van der Waals surface area contributed by atoms with Gasteiger partial charge in [0.15, 0.2) is 6.61 Å². The van der Waals surface area contributed by atoms with E-state index >= 15 is 0 Å². The maximum Gasteiger partial charge on any atom is 0.342 e. The predicted molar refractivity (Wildman–Crippen MR) is 96.9 cm³/mol. The second kappa shape index (κ2) is 7.47. The van der Waals surface area contributed by atoms with E-state index < -0.39 is 5.97 Å². The Bertz CT molecular complexity index is 833. The summed E-state index contributed by atoms with van der Waals surface area (Å²) in [5.41, 5.74) is 2.21. The van der Waals surface area contributed by atoms with Crippen LogP contribution in [0.25, 0.3) is 0 Å². The standard InChI is InChI=1S/C20H21NO5/c1-13-10-14-6-4-5-7-17(14)21(13)19(22)12-26-20(23)16-11-15(24-2)8-9-18(16)25-3/h4-9,11,13H,10,12H2,1-3H3/t13-/m1/s1. The minimum atomic E-state index is -0.630. The molecule has 1 amide bonds. The van der Waals surface area contributed by atoms with Crippen molar-refractivity contribution in [3.8, 4) is 11.5 Å². The number of ether oxygens (including phenoxy) is 3. The zero-order valence-corrected chi connectivity index (χ0v) is 15.0. The number of hydrogen-bond acceptors (Lipinski definition) is 5. The Balaban J connectivity index is 1.71. The molecule has 1 heterocycles. The van der Waals surface area contributed by atoms with E-state index in [0.29, 0.717) is 11.5 Å². The first kappa shape index (κ1) is 17.8. The van der Waals surface area contributed by atoms with Crippen molar-refractivity contribution in [2.75, 3.05) is 25.7 Å². The number of nitrogens with zero attached hydrogens (tertiary/aromatic N) is 1. The van der Waals surface area contributed by atoms with E-state index in [2.05, 4.69) is 0 Å². The van der Waals surface area contributed by atoms with Crippen LogP contribution in [0, 0.1) is 0 Å². The molecule has 0 saturated carbocycles. The SMILES string of the molecule is COc1ccc(OC)c(C(=O)OCC(=O)N2c3ccccc3C[C@H]2C)c1. The van der Waals surface area contributed by atoms with Gasteiger partial charge in [0.1, 0.15) is 17.1 Å². The number of amides is 1. The van der Waals surface area contributed by atoms with E-state index in [1.165, 1.54) is 20.3 Å². The Labute approximate surface area is 152 Å². The highest BCUT2D eigenvalue weighted by molar-refractivity contribution is 5.99. The van der Waals surface area contributed by atoms with Gasteiger partial charge in [-0.2, -0.15) is 0 Å². The average molecular weight is 355 g/mol. The Hall–Kier alpha value is -3.02. The predicted octanol–water partition coefficient (Wildman–Crippen LogP) is 2.84. The Morgan fingerprint density at radius 2 is 1.88 bits per heavy atom.